The van der Waals surface area contributed by atoms with E-state index in [2.05, 4.69) is 22.3 Å². The predicted molar refractivity (Wildman–Crippen MR) is 97.6 cm³/mol. The van der Waals surface area contributed by atoms with Gasteiger partial charge < -0.3 is 14.6 Å². The van der Waals surface area contributed by atoms with Gasteiger partial charge in [-0.1, -0.05) is 18.2 Å². The van der Waals surface area contributed by atoms with E-state index in [1.807, 2.05) is 24.3 Å². The first-order valence-corrected chi connectivity index (χ1v) is 8.74. The maximum atomic E-state index is 13.4. The van der Waals surface area contributed by atoms with Gasteiger partial charge in [0.15, 0.2) is 11.6 Å². The van der Waals surface area contributed by atoms with Crippen molar-refractivity contribution >= 4 is 11.6 Å². The summed E-state index contributed by atoms with van der Waals surface area (Å²) in [4.78, 5) is 14.6. The summed E-state index contributed by atoms with van der Waals surface area (Å²) >= 11 is 0. The number of benzene rings is 2. The van der Waals surface area contributed by atoms with Gasteiger partial charge in [-0.25, -0.2) is 8.78 Å². The molecule has 0 fully saturated rings. The molecule has 1 amide bonds. The Hall–Kier alpha value is -3.15. The molecule has 6 heteroatoms. The lowest BCUT2D eigenvalue weighted by atomic mass is 10.1. The van der Waals surface area contributed by atoms with E-state index in [0.717, 1.165) is 36.5 Å². The minimum absolute atomic E-state index is 0.0777. The zero-order valence-corrected chi connectivity index (χ0v) is 14.5. The maximum Gasteiger partial charge on any atom is 0.251 e. The molecule has 1 atom stereocenters. The molecule has 0 bridgehead atoms. The van der Waals surface area contributed by atoms with Crippen molar-refractivity contribution in [3.8, 4) is 0 Å². The largest absolute Gasteiger partial charge is 0.467 e. The van der Waals surface area contributed by atoms with E-state index in [1.54, 1.807) is 6.26 Å². The van der Waals surface area contributed by atoms with Gasteiger partial charge in [0.25, 0.3) is 5.91 Å². The molecule has 2 heterocycles. The molecular formula is C21H18F2N2O2. The van der Waals surface area contributed by atoms with E-state index in [-0.39, 0.29) is 18.2 Å². The number of hydrogen-bond donors (Lipinski definition) is 1. The van der Waals surface area contributed by atoms with E-state index in [0.29, 0.717) is 0 Å². The number of halogens is 2. The molecule has 138 valence electrons. The monoisotopic (exact) mass is 368 g/mol. The fourth-order valence-electron chi connectivity index (χ4n) is 3.46. The number of carbonyl (C=O) groups excluding carboxylic acids is 1. The average Bonchev–Trinajstić information content (AvgIpc) is 3.35. The first-order chi connectivity index (χ1) is 13.1. The lowest BCUT2D eigenvalue weighted by Gasteiger charge is -2.29. The zero-order valence-electron chi connectivity index (χ0n) is 14.5. The highest BCUT2D eigenvalue weighted by molar-refractivity contribution is 5.94. The number of carbonyl (C=O) groups is 1. The molecule has 4 nitrogen and oxygen atoms in total. The molecule has 0 aliphatic carbocycles. The molecule has 2 aromatic carbocycles. The second-order valence-corrected chi connectivity index (χ2v) is 6.44. The number of hydrogen-bond acceptors (Lipinski definition) is 3. The van der Waals surface area contributed by atoms with Gasteiger partial charge in [-0.15, -0.1) is 0 Å². The van der Waals surface area contributed by atoms with Crippen LogP contribution in [-0.2, 0) is 6.42 Å². The van der Waals surface area contributed by atoms with Gasteiger partial charge in [-0.3, -0.25) is 4.79 Å². The molecule has 1 aromatic heterocycles. The first-order valence-electron chi connectivity index (χ1n) is 8.74. The second kappa shape index (κ2) is 7.23. The molecule has 0 saturated carbocycles. The van der Waals surface area contributed by atoms with Crippen LogP contribution in [-0.4, -0.2) is 19.0 Å². The standard InChI is InChI=1S/C21H18F2N2O2/c22-16-8-7-15(12-17(16)23)21(26)24-13-19(20-6-3-11-27-20)25-10-9-14-4-1-2-5-18(14)25/h1-8,11-12,19H,9-10,13H2,(H,24,26)/t19-/m1/s1. The summed E-state index contributed by atoms with van der Waals surface area (Å²) in [5.74, 6) is -1.75. The van der Waals surface area contributed by atoms with Crippen molar-refractivity contribution < 1.29 is 18.0 Å². The van der Waals surface area contributed by atoms with Crippen molar-refractivity contribution in [2.75, 3.05) is 18.0 Å². The van der Waals surface area contributed by atoms with Crippen LogP contribution in [0.15, 0.2) is 65.3 Å². The molecule has 1 N–H and O–H groups in total. The summed E-state index contributed by atoms with van der Waals surface area (Å²) in [5.41, 5.74) is 2.44. The molecule has 0 spiro atoms. The summed E-state index contributed by atoms with van der Waals surface area (Å²) in [5, 5.41) is 2.81. The Morgan fingerprint density at radius 2 is 1.96 bits per heavy atom. The van der Waals surface area contributed by atoms with Crippen molar-refractivity contribution in [2.45, 2.75) is 12.5 Å². The Labute approximate surface area is 155 Å². The number of nitrogens with zero attached hydrogens (tertiary/aromatic N) is 1. The van der Waals surface area contributed by atoms with Gasteiger partial charge in [0.1, 0.15) is 11.8 Å². The number of amides is 1. The van der Waals surface area contributed by atoms with Gasteiger partial charge in [0.2, 0.25) is 0 Å². The van der Waals surface area contributed by atoms with Gasteiger partial charge in [0, 0.05) is 24.3 Å². The van der Waals surface area contributed by atoms with Crippen molar-refractivity contribution in [3.63, 3.8) is 0 Å². The Bertz CT molecular complexity index is 957. The van der Waals surface area contributed by atoms with E-state index in [4.69, 9.17) is 4.42 Å². The highest BCUT2D eigenvalue weighted by Gasteiger charge is 2.29. The summed E-state index contributed by atoms with van der Waals surface area (Å²) < 4.78 is 32.1. The Balaban J connectivity index is 1.54. The lowest BCUT2D eigenvalue weighted by molar-refractivity contribution is 0.0949. The topological polar surface area (TPSA) is 45.5 Å². The number of furan rings is 1. The number of rotatable bonds is 5. The zero-order chi connectivity index (χ0) is 18.8. The van der Waals surface area contributed by atoms with Gasteiger partial charge in [-0.2, -0.15) is 0 Å². The minimum atomic E-state index is -1.04. The molecule has 0 radical (unpaired) electrons. The van der Waals surface area contributed by atoms with Crippen LogP contribution in [0.25, 0.3) is 0 Å². The highest BCUT2D eigenvalue weighted by Crippen LogP contribution is 2.35. The molecule has 27 heavy (non-hydrogen) atoms. The van der Waals surface area contributed by atoms with Crippen LogP contribution in [0.5, 0.6) is 0 Å². The average molecular weight is 368 g/mol. The van der Waals surface area contributed by atoms with E-state index >= 15 is 0 Å². The first kappa shape index (κ1) is 17.3. The molecule has 1 aliphatic heterocycles. The third-order valence-electron chi connectivity index (χ3n) is 4.81. The molecular weight excluding hydrogens is 350 g/mol. The van der Waals surface area contributed by atoms with E-state index < -0.39 is 17.5 Å². The molecule has 1 aliphatic rings. The third kappa shape index (κ3) is 3.43. The van der Waals surface area contributed by atoms with Crippen molar-refractivity contribution in [1.82, 2.24) is 5.32 Å². The van der Waals surface area contributed by atoms with Gasteiger partial charge in [0.05, 0.1) is 6.26 Å². The van der Waals surface area contributed by atoms with Crippen molar-refractivity contribution in [3.05, 3.63) is 89.4 Å². The third-order valence-corrected chi connectivity index (χ3v) is 4.81. The summed E-state index contributed by atoms with van der Waals surface area (Å²) in [7, 11) is 0. The Kier molecular flexibility index (Phi) is 4.62. The maximum absolute atomic E-state index is 13.4. The summed E-state index contributed by atoms with van der Waals surface area (Å²) in [6, 6.07) is 14.7. The molecule has 3 aromatic rings. The fourth-order valence-corrected chi connectivity index (χ4v) is 3.46. The SMILES string of the molecule is O=C(NC[C@H](c1ccco1)N1CCc2ccccc21)c1ccc(F)c(F)c1. The van der Waals surface area contributed by atoms with Crippen LogP contribution >= 0.6 is 0 Å². The van der Waals surface area contributed by atoms with Crippen LogP contribution in [0.4, 0.5) is 14.5 Å². The number of anilines is 1. The van der Waals surface area contributed by atoms with Crippen molar-refractivity contribution in [2.24, 2.45) is 0 Å². The second-order valence-electron chi connectivity index (χ2n) is 6.44. The normalized spacial score (nSPS) is 14.1. The lowest BCUT2D eigenvalue weighted by Crippen LogP contribution is -2.37. The summed E-state index contributed by atoms with van der Waals surface area (Å²) in [6.07, 6.45) is 2.52. The van der Waals surface area contributed by atoms with Crippen LogP contribution in [0.2, 0.25) is 0 Å². The quantitative estimate of drug-likeness (QED) is 0.738. The molecule has 0 unspecified atom stereocenters. The molecule has 0 saturated heterocycles. The van der Waals surface area contributed by atoms with Crippen molar-refractivity contribution in [1.29, 1.82) is 0 Å². The van der Waals surface area contributed by atoms with Gasteiger partial charge >= 0.3 is 0 Å². The van der Waals surface area contributed by atoms with Gasteiger partial charge in [-0.05, 0) is 48.4 Å². The summed E-state index contributed by atoms with van der Waals surface area (Å²) in [6.45, 7) is 1.09. The van der Waals surface area contributed by atoms with Crippen LogP contribution < -0.4 is 10.2 Å². The van der Waals surface area contributed by atoms with Crippen LogP contribution in [0.1, 0.15) is 27.7 Å². The number of para-hydroxylation sites is 1. The highest BCUT2D eigenvalue weighted by atomic mass is 19.2. The van der Waals surface area contributed by atoms with E-state index in [1.165, 1.54) is 11.6 Å². The minimum Gasteiger partial charge on any atom is -0.467 e. The Morgan fingerprint density at radius 3 is 2.74 bits per heavy atom. The smallest absolute Gasteiger partial charge is 0.251 e. The number of fused-ring (bicyclic) bond motifs is 1. The fraction of sp³-hybridized carbons (Fsp3) is 0.190. The van der Waals surface area contributed by atoms with Crippen LogP contribution in [0, 0.1) is 11.6 Å². The van der Waals surface area contributed by atoms with Crippen LogP contribution in [0.3, 0.4) is 0 Å². The Morgan fingerprint density at radius 1 is 1.11 bits per heavy atom. The number of nitrogens with one attached hydrogen (secondary N) is 1. The predicted octanol–water partition coefficient (Wildman–Crippen LogP) is 4.09. The van der Waals surface area contributed by atoms with E-state index in [9.17, 15) is 13.6 Å². The molecule has 4 rings (SSSR count).